The molecular weight excluding hydrogens is 372 g/mol. The molecular formula is C21H26N4O2S. The lowest BCUT2D eigenvalue weighted by Gasteiger charge is -2.36. The van der Waals surface area contributed by atoms with Gasteiger partial charge in [-0.05, 0) is 53.9 Å². The van der Waals surface area contributed by atoms with Gasteiger partial charge in [-0.1, -0.05) is 18.2 Å². The van der Waals surface area contributed by atoms with Crippen molar-refractivity contribution in [3.05, 3.63) is 52.7 Å². The van der Waals surface area contributed by atoms with Crippen molar-refractivity contribution in [1.82, 2.24) is 14.7 Å². The standard InChI is InChI=1S/C21H26N4O2S/c26-20(15-25-9-4-7-19(25)17-8-14-28-16-17)23-10-12-24(13-11-23)21(27)22-18-5-2-1-3-6-18/h1-3,5-6,8,14,16,19H,4,7,9-13,15H2,(H,22,27). The van der Waals surface area contributed by atoms with E-state index in [2.05, 4.69) is 27.0 Å². The SMILES string of the molecule is O=C(CN1CCCC1c1ccsc1)N1CCN(C(=O)Nc2ccccc2)CC1. The zero-order valence-corrected chi connectivity index (χ0v) is 16.7. The van der Waals surface area contributed by atoms with Crippen molar-refractivity contribution in [2.45, 2.75) is 18.9 Å². The maximum atomic E-state index is 12.8. The van der Waals surface area contributed by atoms with Gasteiger partial charge in [-0.15, -0.1) is 0 Å². The smallest absolute Gasteiger partial charge is 0.321 e. The summed E-state index contributed by atoms with van der Waals surface area (Å²) in [6, 6.07) is 11.9. The summed E-state index contributed by atoms with van der Waals surface area (Å²) in [4.78, 5) is 31.2. The number of amides is 3. The Kier molecular flexibility index (Phi) is 5.92. The highest BCUT2D eigenvalue weighted by molar-refractivity contribution is 7.07. The van der Waals surface area contributed by atoms with Crippen molar-refractivity contribution >= 4 is 29.0 Å². The van der Waals surface area contributed by atoms with Crippen molar-refractivity contribution in [2.24, 2.45) is 0 Å². The number of hydrogen-bond donors (Lipinski definition) is 1. The van der Waals surface area contributed by atoms with E-state index in [1.165, 1.54) is 5.56 Å². The minimum atomic E-state index is -0.102. The first-order valence-electron chi connectivity index (χ1n) is 9.85. The molecule has 0 aliphatic carbocycles. The summed E-state index contributed by atoms with van der Waals surface area (Å²) in [5.41, 5.74) is 2.12. The van der Waals surface area contributed by atoms with Gasteiger partial charge in [0.1, 0.15) is 0 Å². The molecule has 3 heterocycles. The lowest BCUT2D eigenvalue weighted by molar-refractivity contribution is -0.134. The molecule has 3 amide bonds. The molecule has 28 heavy (non-hydrogen) atoms. The third-order valence-corrected chi connectivity index (χ3v) is 6.28. The van der Waals surface area contributed by atoms with E-state index < -0.39 is 0 Å². The van der Waals surface area contributed by atoms with Gasteiger partial charge in [0.25, 0.3) is 0 Å². The summed E-state index contributed by atoms with van der Waals surface area (Å²) in [6.45, 7) is 3.77. The normalized spacial score (nSPS) is 20.4. The highest BCUT2D eigenvalue weighted by Gasteiger charge is 2.30. The fourth-order valence-electron chi connectivity index (χ4n) is 4.01. The van der Waals surface area contributed by atoms with Crippen molar-refractivity contribution in [3.63, 3.8) is 0 Å². The van der Waals surface area contributed by atoms with E-state index in [0.717, 1.165) is 25.1 Å². The summed E-state index contributed by atoms with van der Waals surface area (Å²) in [7, 11) is 0. The van der Waals surface area contributed by atoms with Gasteiger partial charge in [0.2, 0.25) is 5.91 Å². The highest BCUT2D eigenvalue weighted by atomic mass is 32.1. The van der Waals surface area contributed by atoms with Crippen molar-refractivity contribution in [1.29, 1.82) is 0 Å². The van der Waals surface area contributed by atoms with E-state index in [4.69, 9.17) is 0 Å². The molecule has 1 N–H and O–H groups in total. The Hall–Kier alpha value is -2.38. The Morgan fingerprint density at radius 1 is 1.00 bits per heavy atom. The van der Waals surface area contributed by atoms with Crippen molar-refractivity contribution in [2.75, 3.05) is 44.6 Å². The first kappa shape index (κ1) is 19.0. The Morgan fingerprint density at radius 2 is 1.75 bits per heavy atom. The number of likely N-dealkylation sites (tertiary alicyclic amines) is 1. The summed E-state index contributed by atoms with van der Waals surface area (Å²) < 4.78 is 0. The molecule has 0 saturated carbocycles. The minimum Gasteiger partial charge on any atom is -0.338 e. The van der Waals surface area contributed by atoms with Crippen molar-refractivity contribution < 1.29 is 9.59 Å². The molecule has 2 aromatic rings. The van der Waals surface area contributed by atoms with Gasteiger partial charge in [-0.25, -0.2) is 4.79 Å². The van der Waals surface area contributed by atoms with E-state index in [0.29, 0.717) is 38.8 Å². The van der Waals surface area contributed by atoms with Crippen LogP contribution in [0.3, 0.4) is 0 Å². The van der Waals surface area contributed by atoms with Gasteiger partial charge in [0, 0.05) is 37.9 Å². The van der Waals surface area contributed by atoms with E-state index in [1.54, 1.807) is 16.2 Å². The molecule has 2 fully saturated rings. The number of benzene rings is 1. The van der Waals surface area contributed by atoms with E-state index >= 15 is 0 Å². The molecule has 148 valence electrons. The second kappa shape index (κ2) is 8.75. The largest absolute Gasteiger partial charge is 0.338 e. The fraction of sp³-hybridized carbons (Fsp3) is 0.429. The van der Waals surface area contributed by atoms with Crippen molar-refractivity contribution in [3.8, 4) is 0 Å². The van der Waals surface area contributed by atoms with E-state index in [1.807, 2.05) is 35.2 Å². The monoisotopic (exact) mass is 398 g/mol. The number of carbonyl (C=O) groups is 2. The number of hydrogen-bond acceptors (Lipinski definition) is 4. The quantitative estimate of drug-likeness (QED) is 0.860. The van der Waals surface area contributed by atoms with Crippen LogP contribution in [-0.2, 0) is 4.79 Å². The molecule has 1 unspecified atom stereocenters. The van der Waals surface area contributed by atoms with Crippen LogP contribution in [0, 0.1) is 0 Å². The molecule has 7 heteroatoms. The lowest BCUT2D eigenvalue weighted by Crippen LogP contribution is -2.53. The van der Waals surface area contributed by atoms with E-state index in [-0.39, 0.29) is 11.9 Å². The molecule has 1 aromatic heterocycles. The molecule has 2 aliphatic heterocycles. The molecule has 0 radical (unpaired) electrons. The summed E-state index contributed by atoms with van der Waals surface area (Å²) in [5, 5.41) is 7.21. The number of thiophene rings is 1. The van der Waals surface area contributed by atoms with Gasteiger partial charge < -0.3 is 15.1 Å². The van der Waals surface area contributed by atoms with Crippen LogP contribution in [0.2, 0.25) is 0 Å². The van der Waals surface area contributed by atoms with Gasteiger partial charge in [0.05, 0.1) is 6.54 Å². The second-order valence-corrected chi connectivity index (χ2v) is 8.13. The maximum absolute atomic E-state index is 12.8. The molecule has 2 aliphatic rings. The zero-order chi connectivity index (χ0) is 19.3. The molecule has 0 bridgehead atoms. The average Bonchev–Trinajstić information content (AvgIpc) is 3.40. The first-order chi connectivity index (χ1) is 13.7. The van der Waals surface area contributed by atoms with Gasteiger partial charge in [-0.2, -0.15) is 11.3 Å². The van der Waals surface area contributed by atoms with Crippen LogP contribution < -0.4 is 5.32 Å². The lowest BCUT2D eigenvalue weighted by atomic mass is 10.1. The zero-order valence-electron chi connectivity index (χ0n) is 15.9. The predicted octanol–water partition coefficient (Wildman–Crippen LogP) is 3.26. The fourth-order valence-corrected chi connectivity index (χ4v) is 4.72. The predicted molar refractivity (Wildman–Crippen MR) is 111 cm³/mol. The Morgan fingerprint density at radius 3 is 2.46 bits per heavy atom. The third kappa shape index (κ3) is 4.36. The van der Waals surface area contributed by atoms with Gasteiger partial charge in [-0.3, -0.25) is 9.69 Å². The number of nitrogens with one attached hydrogen (secondary N) is 1. The minimum absolute atomic E-state index is 0.102. The van der Waals surface area contributed by atoms with Crippen LogP contribution in [0.5, 0.6) is 0 Å². The van der Waals surface area contributed by atoms with Crippen LogP contribution in [0.15, 0.2) is 47.2 Å². The average molecular weight is 399 g/mol. The first-order valence-corrected chi connectivity index (χ1v) is 10.8. The van der Waals surface area contributed by atoms with Gasteiger partial charge >= 0.3 is 6.03 Å². The third-order valence-electron chi connectivity index (χ3n) is 5.57. The van der Waals surface area contributed by atoms with E-state index in [9.17, 15) is 9.59 Å². The Labute approximate surface area is 169 Å². The molecule has 6 nitrogen and oxygen atoms in total. The number of para-hydroxylation sites is 1. The Balaban J connectivity index is 1.26. The highest BCUT2D eigenvalue weighted by Crippen LogP contribution is 2.32. The molecule has 1 atom stereocenters. The number of carbonyl (C=O) groups excluding carboxylic acids is 2. The second-order valence-electron chi connectivity index (χ2n) is 7.35. The Bertz CT molecular complexity index is 788. The van der Waals surface area contributed by atoms with Crippen LogP contribution >= 0.6 is 11.3 Å². The van der Waals surface area contributed by atoms with Crippen LogP contribution in [0.4, 0.5) is 10.5 Å². The number of nitrogens with zero attached hydrogens (tertiary/aromatic N) is 3. The number of urea groups is 1. The van der Waals surface area contributed by atoms with Gasteiger partial charge in [0.15, 0.2) is 0 Å². The number of piperazine rings is 1. The number of anilines is 1. The summed E-state index contributed by atoms with van der Waals surface area (Å²) in [6.07, 6.45) is 2.26. The number of rotatable bonds is 4. The van der Waals surface area contributed by atoms with Crippen LogP contribution in [0.25, 0.3) is 0 Å². The summed E-state index contributed by atoms with van der Waals surface area (Å²) >= 11 is 1.71. The van der Waals surface area contributed by atoms with Crippen LogP contribution in [-0.4, -0.2) is 65.9 Å². The molecule has 0 spiro atoms. The van der Waals surface area contributed by atoms with Crippen LogP contribution in [0.1, 0.15) is 24.4 Å². The summed E-state index contributed by atoms with van der Waals surface area (Å²) in [5.74, 6) is 0.172. The topological polar surface area (TPSA) is 55.9 Å². The maximum Gasteiger partial charge on any atom is 0.321 e. The molecule has 4 rings (SSSR count). The molecule has 2 saturated heterocycles. The molecule has 1 aromatic carbocycles.